The van der Waals surface area contributed by atoms with Crippen LogP contribution in [0, 0.1) is 5.92 Å². The third-order valence-corrected chi connectivity index (χ3v) is 5.01. The first kappa shape index (κ1) is 14.6. The predicted molar refractivity (Wildman–Crippen MR) is 85.2 cm³/mol. The molecule has 2 aliphatic rings. The molecule has 1 saturated heterocycles. The highest BCUT2D eigenvalue weighted by atomic mass is 16.2. The molecule has 0 spiro atoms. The van der Waals surface area contributed by atoms with Crippen molar-refractivity contribution in [2.75, 3.05) is 13.1 Å². The Hall–Kier alpha value is -1.35. The smallest absolute Gasteiger partial charge is 0.224 e. The van der Waals surface area contributed by atoms with E-state index in [-0.39, 0.29) is 11.8 Å². The first-order valence-electron chi connectivity index (χ1n) is 8.39. The first-order valence-corrected chi connectivity index (χ1v) is 8.39. The molecule has 1 aliphatic heterocycles. The number of benzene rings is 1. The van der Waals surface area contributed by atoms with Crippen molar-refractivity contribution in [2.45, 2.75) is 50.5 Å². The van der Waals surface area contributed by atoms with E-state index in [0.717, 1.165) is 38.8 Å². The van der Waals surface area contributed by atoms with Crippen LogP contribution < -0.4 is 10.6 Å². The van der Waals surface area contributed by atoms with Crippen LogP contribution in [0.2, 0.25) is 0 Å². The minimum Gasteiger partial charge on any atom is -0.353 e. The summed E-state index contributed by atoms with van der Waals surface area (Å²) in [6, 6.07) is 11.2. The lowest BCUT2D eigenvalue weighted by molar-refractivity contribution is -0.126. The summed E-state index contributed by atoms with van der Waals surface area (Å²) in [5.74, 6) is 1.13. The topological polar surface area (TPSA) is 41.1 Å². The van der Waals surface area contributed by atoms with Gasteiger partial charge in [0.25, 0.3) is 0 Å². The lowest BCUT2D eigenvalue weighted by atomic mass is 9.81. The van der Waals surface area contributed by atoms with Gasteiger partial charge >= 0.3 is 0 Å². The molecule has 1 aromatic carbocycles. The Labute approximate surface area is 127 Å². The van der Waals surface area contributed by atoms with E-state index in [1.165, 1.54) is 18.4 Å². The molecule has 1 aliphatic carbocycles. The second-order valence-corrected chi connectivity index (χ2v) is 6.51. The summed E-state index contributed by atoms with van der Waals surface area (Å²) >= 11 is 0. The lowest BCUT2D eigenvalue weighted by Gasteiger charge is -2.31. The summed E-state index contributed by atoms with van der Waals surface area (Å²) in [4.78, 5) is 12.3. The van der Waals surface area contributed by atoms with E-state index in [0.29, 0.717) is 12.0 Å². The van der Waals surface area contributed by atoms with Gasteiger partial charge in [-0.3, -0.25) is 4.79 Å². The number of hydrogen-bond donors (Lipinski definition) is 2. The first-order chi connectivity index (χ1) is 10.3. The van der Waals surface area contributed by atoms with Crippen molar-refractivity contribution in [2.24, 2.45) is 5.92 Å². The monoisotopic (exact) mass is 286 g/mol. The van der Waals surface area contributed by atoms with E-state index >= 15 is 0 Å². The zero-order valence-corrected chi connectivity index (χ0v) is 12.7. The fraction of sp³-hybridized carbons (Fsp3) is 0.611. The van der Waals surface area contributed by atoms with Crippen molar-refractivity contribution < 1.29 is 4.79 Å². The molecule has 1 unspecified atom stereocenters. The number of carbonyl (C=O) groups excluding carboxylic acids is 1. The average molecular weight is 286 g/mol. The quantitative estimate of drug-likeness (QED) is 0.897. The number of amides is 1. The predicted octanol–water partition coefficient (Wildman–Crippen LogP) is 2.83. The van der Waals surface area contributed by atoms with E-state index in [1.54, 1.807) is 0 Å². The van der Waals surface area contributed by atoms with Crippen molar-refractivity contribution >= 4 is 5.91 Å². The van der Waals surface area contributed by atoms with E-state index in [1.807, 2.05) is 0 Å². The van der Waals surface area contributed by atoms with Crippen LogP contribution in [0.4, 0.5) is 0 Å². The van der Waals surface area contributed by atoms with Crippen molar-refractivity contribution in [3.8, 4) is 0 Å². The Morgan fingerprint density at radius 2 is 1.81 bits per heavy atom. The van der Waals surface area contributed by atoms with Gasteiger partial charge in [-0.1, -0.05) is 30.3 Å². The molecule has 114 valence electrons. The molecule has 0 radical (unpaired) electrons. The summed E-state index contributed by atoms with van der Waals surface area (Å²) < 4.78 is 0. The Morgan fingerprint density at radius 3 is 2.48 bits per heavy atom. The zero-order valence-electron chi connectivity index (χ0n) is 12.7. The number of piperidine rings is 1. The van der Waals surface area contributed by atoms with Crippen LogP contribution in [0.25, 0.3) is 0 Å². The molecule has 3 nitrogen and oxygen atoms in total. The summed E-state index contributed by atoms with van der Waals surface area (Å²) in [6.45, 7) is 1.91. The van der Waals surface area contributed by atoms with Crippen LogP contribution >= 0.6 is 0 Å². The van der Waals surface area contributed by atoms with E-state index < -0.39 is 0 Å². The zero-order chi connectivity index (χ0) is 14.5. The maximum atomic E-state index is 12.3. The van der Waals surface area contributed by atoms with Gasteiger partial charge in [0.1, 0.15) is 0 Å². The Balaban J connectivity index is 1.46. The average Bonchev–Trinajstić information content (AvgIpc) is 2.57. The van der Waals surface area contributed by atoms with Gasteiger partial charge in [0.05, 0.1) is 5.92 Å². The fourth-order valence-electron chi connectivity index (χ4n) is 3.69. The molecular formula is C18H26N2O. The van der Waals surface area contributed by atoms with Crippen molar-refractivity contribution in [1.29, 1.82) is 0 Å². The highest BCUT2D eigenvalue weighted by Crippen LogP contribution is 2.32. The molecule has 0 aromatic heterocycles. The maximum Gasteiger partial charge on any atom is 0.224 e. The normalized spacial score (nSPS) is 29.8. The highest BCUT2D eigenvalue weighted by Gasteiger charge is 2.26. The third kappa shape index (κ3) is 3.85. The molecule has 1 aromatic rings. The minimum absolute atomic E-state index is 0.186. The van der Waals surface area contributed by atoms with Crippen molar-refractivity contribution in [3.05, 3.63) is 35.9 Å². The van der Waals surface area contributed by atoms with Gasteiger partial charge in [-0.2, -0.15) is 0 Å². The Kier molecular flexibility index (Phi) is 4.91. The van der Waals surface area contributed by atoms with Gasteiger partial charge < -0.3 is 10.6 Å². The summed E-state index contributed by atoms with van der Waals surface area (Å²) in [5.41, 5.74) is 1.46. The summed E-state index contributed by atoms with van der Waals surface area (Å²) in [5, 5.41) is 6.60. The molecule has 3 rings (SSSR count). The number of rotatable bonds is 3. The third-order valence-electron chi connectivity index (χ3n) is 5.01. The minimum atomic E-state index is 0.186. The van der Waals surface area contributed by atoms with E-state index in [2.05, 4.69) is 41.0 Å². The molecule has 1 saturated carbocycles. The molecule has 0 bridgehead atoms. The molecule has 2 fully saturated rings. The van der Waals surface area contributed by atoms with E-state index in [9.17, 15) is 4.79 Å². The van der Waals surface area contributed by atoms with Crippen LogP contribution in [0.15, 0.2) is 30.3 Å². The van der Waals surface area contributed by atoms with Crippen LogP contribution in [0.1, 0.15) is 50.0 Å². The van der Waals surface area contributed by atoms with Gasteiger partial charge in [0.15, 0.2) is 0 Å². The van der Waals surface area contributed by atoms with Gasteiger partial charge in [-0.25, -0.2) is 0 Å². The standard InChI is InChI=1S/C18H26N2O/c21-18(16-7-4-12-19-13-16)20-17-10-8-15(9-11-17)14-5-2-1-3-6-14/h1-3,5-6,15-17,19H,4,7-13H2,(H,20,21). The number of hydrogen-bond acceptors (Lipinski definition) is 2. The largest absolute Gasteiger partial charge is 0.353 e. The molecule has 3 heteroatoms. The molecule has 2 N–H and O–H groups in total. The van der Waals surface area contributed by atoms with Gasteiger partial charge in [-0.15, -0.1) is 0 Å². The van der Waals surface area contributed by atoms with Crippen LogP contribution in [0.5, 0.6) is 0 Å². The van der Waals surface area contributed by atoms with Gasteiger partial charge in [0, 0.05) is 12.6 Å². The summed E-state index contributed by atoms with van der Waals surface area (Å²) in [6.07, 6.45) is 6.78. The number of carbonyl (C=O) groups is 1. The molecule has 1 amide bonds. The lowest BCUT2D eigenvalue weighted by Crippen LogP contribution is -2.45. The van der Waals surface area contributed by atoms with Crippen molar-refractivity contribution in [1.82, 2.24) is 10.6 Å². The molecule has 1 atom stereocenters. The molecular weight excluding hydrogens is 260 g/mol. The second kappa shape index (κ2) is 7.08. The SMILES string of the molecule is O=C(NC1CCC(c2ccccc2)CC1)C1CCCNC1. The number of nitrogens with one attached hydrogen (secondary N) is 2. The van der Waals surface area contributed by atoms with Gasteiger partial charge in [0.2, 0.25) is 5.91 Å². The molecule has 1 heterocycles. The molecule has 21 heavy (non-hydrogen) atoms. The fourth-order valence-corrected chi connectivity index (χ4v) is 3.69. The van der Waals surface area contributed by atoms with Crippen LogP contribution in [0.3, 0.4) is 0 Å². The van der Waals surface area contributed by atoms with Gasteiger partial charge in [-0.05, 0) is 56.6 Å². The highest BCUT2D eigenvalue weighted by molar-refractivity contribution is 5.79. The second-order valence-electron chi connectivity index (χ2n) is 6.51. The van der Waals surface area contributed by atoms with Crippen molar-refractivity contribution in [3.63, 3.8) is 0 Å². The van der Waals surface area contributed by atoms with E-state index in [4.69, 9.17) is 0 Å². The summed E-state index contributed by atoms with van der Waals surface area (Å²) in [7, 11) is 0. The Morgan fingerprint density at radius 1 is 1.05 bits per heavy atom. The maximum absolute atomic E-state index is 12.3. The van der Waals surface area contributed by atoms with Crippen LogP contribution in [-0.2, 0) is 4.79 Å². The Bertz CT molecular complexity index is 446. The van der Waals surface area contributed by atoms with Crippen LogP contribution in [-0.4, -0.2) is 25.0 Å².